The maximum Gasteiger partial charge on any atom is 0.265 e. The third kappa shape index (κ3) is 3.01. The third-order valence-corrected chi connectivity index (χ3v) is 5.33. The highest BCUT2D eigenvalue weighted by molar-refractivity contribution is 7.12. The molecule has 2 heterocycles. The Balaban J connectivity index is 1.50. The minimum Gasteiger partial charge on any atom is -0.338 e. The molecule has 1 aromatic carbocycles. The van der Waals surface area contributed by atoms with Crippen LogP contribution in [0.25, 0.3) is 0 Å². The second-order valence-corrected chi connectivity index (χ2v) is 7.15. The Hall–Kier alpha value is -2.14. The molecule has 1 fully saturated rings. The van der Waals surface area contributed by atoms with E-state index in [0.29, 0.717) is 17.3 Å². The van der Waals surface area contributed by atoms with Crippen LogP contribution in [0.1, 0.15) is 33.6 Å². The Labute approximate surface area is 139 Å². The van der Waals surface area contributed by atoms with Crippen molar-refractivity contribution in [2.75, 3.05) is 11.9 Å². The van der Waals surface area contributed by atoms with Crippen LogP contribution in [0.4, 0.5) is 5.69 Å². The maximum atomic E-state index is 12.2. The Bertz CT molecular complexity index is 750. The Morgan fingerprint density at radius 3 is 2.78 bits per heavy atom. The van der Waals surface area contributed by atoms with Gasteiger partial charge in [-0.05, 0) is 54.0 Å². The fourth-order valence-electron chi connectivity index (χ4n) is 3.01. The van der Waals surface area contributed by atoms with Gasteiger partial charge >= 0.3 is 0 Å². The first-order chi connectivity index (χ1) is 11.2. The SMILES string of the molecule is O=C(Nc1ccc2c(c1)CN(C(=O)C1CC1)CC2)c1cccs1. The van der Waals surface area contributed by atoms with Crippen molar-refractivity contribution in [3.63, 3.8) is 0 Å². The zero-order chi connectivity index (χ0) is 15.8. The summed E-state index contributed by atoms with van der Waals surface area (Å²) in [4.78, 5) is 27.1. The zero-order valence-electron chi connectivity index (χ0n) is 12.7. The van der Waals surface area contributed by atoms with E-state index < -0.39 is 0 Å². The summed E-state index contributed by atoms with van der Waals surface area (Å²) in [6.45, 7) is 1.47. The molecule has 5 heteroatoms. The summed E-state index contributed by atoms with van der Waals surface area (Å²) in [6.07, 6.45) is 2.98. The minimum absolute atomic E-state index is 0.0818. The molecule has 1 aliphatic heterocycles. The van der Waals surface area contributed by atoms with Gasteiger partial charge in [0, 0.05) is 24.7 Å². The molecule has 2 aromatic rings. The first-order valence-electron chi connectivity index (χ1n) is 7.96. The number of amides is 2. The molecule has 0 atom stereocenters. The number of nitrogens with zero attached hydrogens (tertiary/aromatic N) is 1. The molecule has 23 heavy (non-hydrogen) atoms. The Kier molecular flexibility index (Phi) is 3.65. The molecule has 1 aliphatic carbocycles. The summed E-state index contributed by atoms with van der Waals surface area (Å²) >= 11 is 1.43. The van der Waals surface area contributed by atoms with Crippen molar-refractivity contribution in [2.24, 2.45) is 5.92 Å². The number of hydrogen-bond acceptors (Lipinski definition) is 3. The molecule has 0 unspecified atom stereocenters. The van der Waals surface area contributed by atoms with Gasteiger partial charge in [-0.3, -0.25) is 9.59 Å². The number of anilines is 1. The average Bonchev–Trinajstić information content (AvgIpc) is 3.27. The number of hydrogen-bond donors (Lipinski definition) is 1. The fraction of sp³-hybridized carbons (Fsp3) is 0.333. The van der Waals surface area contributed by atoms with Crippen LogP contribution >= 0.6 is 11.3 Å². The maximum absolute atomic E-state index is 12.2. The lowest BCUT2D eigenvalue weighted by Gasteiger charge is -2.29. The largest absolute Gasteiger partial charge is 0.338 e. The van der Waals surface area contributed by atoms with Crippen LogP contribution in [0.15, 0.2) is 35.7 Å². The van der Waals surface area contributed by atoms with Gasteiger partial charge in [0.2, 0.25) is 5.91 Å². The van der Waals surface area contributed by atoms with E-state index in [4.69, 9.17) is 0 Å². The molecule has 1 aromatic heterocycles. The monoisotopic (exact) mass is 326 g/mol. The fourth-order valence-corrected chi connectivity index (χ4v) is 3.63. The summed E-state index contributed by atoms with van der Waals surface area (Å²) in [5, 5.41) is 4.83. The highest BCUT2D eigenvalue weighted by atomic mass is 32.1. The molecule has 2 aliphatic rings. The van der Waals surface area contributed by atoms with Gasteiger partial charge in [0.15, 0.2) is 0 Å². The molecular weight excluding hydrogens is 308 g/mol. The van der Waals surface area contributed by atoms with Crippen LogP contribution in [-0.4, -0.2) is 23.3 Å². The van der Waals surface area contributed by atoms with Crippen molar-refractivity contribution in [3.8, 4) is 0 Å². The van der Waals surface area contributed by atoms with E-state index in [9.17, 15) is 9.59 Å². The second-order valence-electron chi connectivity index (χ2n) is 6.20. The summed E-state index contributed by atoms with van der Waals surface area (Å²) in [5.74, 6) is 0.476. The van der Waals surface area contributed by atoms with Gasteiger partial charge in [-0.15, -0.1) is 11.3 Å². The molecule has 0 bridgehead atoms. The predicted octanol–water partition coefficient (Wildman–Crippen LogP) is 3.30. The highest BCUT2D eigenvalue weighted by Gasteiger charge is 2.34. The van der Waals surface area contributed by atoms with Crippen molar-refractivity contribution < 1.29 is 9.59 Å². The van der Waals surface area contributed by atoms with Crippen molar-refractivity contribution in [1.29, 1.82) is 0 Å². The number of thiophene rings is 1. The van der Waals surface area contributed by atoms with Crippen molar-refractivity contribution in [3.05, 3.63) is 51.7 Å². The molecule has 1 saturated carbocycles. The summed E-state index contributed by atoms with van der Waals surface area (Å²) in [5.41, 5.74) is 3.22. The number of carbonyl (C=O) groups excluding carboxylic acids is 2. The second kappa shape index (κ2) is 5.81. The van der Waals surface area contributed by atoms with Gasteiger partial charge in [0.05, 0.1) is 4.88 Å². The molecular formula is C18H18N2O2S. The van der Waals surface area contributed by atoms with Gasteiger partial charge in [0.1, 0.15) is 0 Å². The van der Waals surface area contributed by atoms with E-state index in [1.54, 1.807) is 0 Å². The number of carbonyl (C=O) groups is 2. The highest BCUT2D eigenvalue weighted by Crippen LogP contribution is 2.33. The van der Waals surface area contributed by atoms with Gasteiger partial charge in [0.25, 0.3) is 5.91 Å². The van der Waals surface area contributed by atoms with Gasteiger partial charge in [-0.25, -0.2) is 0 Å². The molecule has 0 saturated heterocycles. The van der Waals surface area contributed by atoms with Crippen LogP contribution in [0.3, 0.4) is 0 Å². The van der Waals surface area contributed by atoms with Gasteiger partial charge in [-0.1, -0.05) is 12.1 Å². The molecule has 0 radical (unpaired) electrons. The lowest BCUT2D eigenvalue weighted by atomic mass is 9.98. The van der Waals surface area contributed by atoms with Crippen molar-refractivity contribution in [2.45, 2.75) is 25.8 Å². The average molecular weight is 326 g/mol. The number of benzene rings is 1. The lowest BCUT2D eigenvalue weighted by Crippen LogP contribution is -2.36. The van der Waals surface area contributed by atoms with E-state index in [1.807, 2.05) is 34.5 Å². The van der Waals surface area contributed by atoms with Gasteiger partial charge in [-0.2, -0.15) is 0 Å². The number of fused-ring (bicyclic) bond motifs is 1. The quantitative estimate of drug-likeness (QED) is 0.941. The molecule has 4 nitrogen and oxygen atoms in total. The summed E-state index contributed by atoms with van der Waals surface area (Å²) in [6, 6.07) is 9.70. The van der Waals surface area contributed by atoms with Crippen LogP contribution in [0.2, 0.25) is 0 Å². The number of nitrogens with one attached hydrogen (secondary N) is 1. The normalized spacial score (nSPS) is 16.8. The van der Waals surface area contributed by atoms with Crippen molar-refractivity contribution in [1.82, 2.24) is 4.90 Å². The topological polar surface area (TPSA) is 49.4 Å². The van der Waals surface area contributed by atoms with Crippen molar-refractivity contribution >= 4 is 28.8 Å². The zero-order valence-corrected chi connectivity index (χ0v) is 13.6. The summed E-state index contributed by atoms with van der Waals surface area (Å²) in [7, 11) is 0. The molecule has 118 valence electrons. The van der Waals surface area contributed by atoms with E-state index in [0.717, 1.165) is 37.1 Å². The van der Waals surface area contributed by atoms with Gasteiger partial charge < -0.3 is 10.2 Å². The number of rotatable bonds is 3. The van der Waals surface area contributed by atoms with E-state index in [2.05, 4.69) is 11.4 Å². The standard InChI is InChI=1S/C18H18N2O2S/c21-17(16-2-1-9-23-16)19-15-6-5-12-7-8-20(11-14(12)10-15)18(22)13-3-4-13/h1-2,5-6,9-10,13H,3-4,7-8,11H2,(H,19,21). The van der Waals surface area contributed by atoms with Crippen LogP contribution in [0.5, 0.6) is 0 Å². The van der Waals surface area contributed by atoms with Crippen LogP contribution in [0, 0.1) is 5.92 Å². The minimum atomic E-state index is -0.0818. The molecule has 1 N–H and O–H groups in total. The molecule has 2 amide bonds. The van der Waals surface area contributed by atoms with E-state index in [1.165, 1.54) is 16.9 Å². The first-order valence-corrected chi connectivity index (χ1v) is 8.84. The Morgan fingerprint density at radius 1 is 1.17 bits per heavy atom. The van der Waals surface area contributed by atoms with Crippen LogP contribution < -0.4 is 5.32 Å². The van der Waals surface area contributed by atoms with E-state index >= 15 is 0 Å². The summed E-state index contributed by atoms with van der Waals surface area (Å²) < 4.78 is 0. The predicted molar refractivity (Wildman–Crippen MR) is 90.6 cm³/mol. The molecule has 0 spiro atoms. The molecule has 4 rings (SSSR count). The Morgan fingerprint density at radius 2 is 2.04 bits per heavy atom. The lowest BCUT2D eigenvalue weighted by molar-refractivity contribution is -0.133. The van der Waals surface area contributed by atoms with E-state index in [-0.39, 0.29) is 11.8 Å². The third-order valence-electron chi connectivity index (χ3n) is 4.46. The first kappa shape index (κ1) is 14.5. The smallest absolute Gasteiger partial charge is 0.265 e. The van der Waals surface area contributed by atoms with Crippen LogP contribution in [-0.2, 0) is 17.8 Å².